The molecule has 0 amide bonds. The Morgan fingerprint density at radius 3 is 2.53 bits per heavy atom. The van der Waals surface area contributed by atoms with E-state index in [9.17, 15) is 17.6 Å². The number of hydrogen-bond acceptors (Lipinski definition) is 1. The third-order valence-electron chi connectivity index (χ3n) is 2.33. The van der Waals surface area contributed by atoms with Crippen molar-refractivity contribution in [3.8, 4) is 0 Å². The van der Waals surface area contributed by atoms with E-state index in [-0.39, 0.29) is 5.56 Å². The minimum absolute atomic E-state index is 0.0447. The second-order valence-electron chi connectivity index (χ2n) is 3.48. The fourth-order valence-corrected chi connectivity index (χ4v) is 1.55. The Morgan fingerprint density at radius 1 is 1.41 bits per heavy atom. The van der Waals surface area contributed by atoms with Gasteiger partial charge in [0.2, 0.25) is 0 Å². The zero-order valence-electron chi connectivity index (χ0n) is 9.31. The molecule has 1 nitrogen and oxygen atoms in total. The van der Waals surface area contributed by atoms with Gasteiger partial charge in [-0.3, -0.25) is 0 Å². The summed E-state index contributed by atoms with van der Waals surface area (Å²) in [4.78, 5) is 0. The molecular formula is C12H13F4N. The molecule has 1 aromatic carbocycles. The molecule has 1 rings (SSSR count). The number of rotatable bonds is 4. The molecule has 0 heterocycles. The zero-order chi connectivity index (χ0) is 13.1. The molecule has 0 spiro atoms. The lowest BCUT2D eigenvalue weighted by atomic mass is 10.0. The molecule has 0 fully saturated rings. The van der Waals surface area contributed by atoms with Crippen LogP contribution >= 0.6 is 0 Å². The van der Waals surface area contributed by atoms with Gasteiger partial charge in [-0.2, -0.15) is 13.2 Å². The van der Waals surface area contributed by atoms with E-state index in [0.717, 1.165) is 6.07 Å². The van der Waals surface area contributed by atoms with Crippen molar-refractivity contribution in [3.05, 3.63) is 47.8 Å². The van der Waals surface area contributed by atoms with Gasteiger partial charge in [0.25, 0.3) is 0 Å². The predicted octanol–water partition coefficient (Wildman–Crippen LogP) is 3.68. The lowest BCUT2D eigenvalue weighted by Gasteiger charge is -2.17. The van der Waals surface area contributed by atoms with Crippen molar-refractivity contribution >= 4 is 0 Å². The first kappa shape index (κ1) is 13.7. The van der Waals surface area contributed by atoms with Crippen LogP contribution in [0.5, 0.6) is 0 Å². The molecule has 0 aromatic heterocycles. The maximum Gasteiger partial charge on any atom is 0.419 e. The van der Waals surface area contributed by atoms with Crippen LogP contribution in [0.3, 0.4) is 0 Å². The number of likely N-dealkylation sites (N-methyl/N-ethyl adjacent to an activating group) is 1. The van der Waals surface area contributed by atoms with E-state index in [1.165, 1.54) is 18.2 Å². The summed E-state index contributed by atoms with van der Waals surface area (Å²) < 4.78 is 51.2. The molecule has 1 aromatic rings. The number of halogens is 4. The van der Waals surface area contributed by atoms with Crippen LogP contribution in [0, 0.1) is 5.82 Å². The highest BCUT2D eigenvalue weighted by Gasteiger charge is 2.35. The minimum atomic E-state index is -4.68. The second-order valence-corrected chi connectivity index (χ2v) is 3.48. The smallest absolute Gasteiger partial charge is 0.307 e. The Hall–Kier alpha value is -1.36. The standard InChI is InChI=1S/C12H13F4N/c1-3-10(17-4-2)8-6-5-7-9(11(8)13)12(14,15)16/h3,5-7,10,17H,1,4H2,2H3. The van der Waals surface area contributed by atoms with Gasteiger partial charge in [-0.1, -0.05) is 25.1 Å². The molecule has 1 atom stereocenters. The molecule has 0 saturated heterocycles. The highest BCUT2D eigenvalue weighted by Crippen LogP contribution is 2.33. The van der Waals surface area contributed by atoms with Gasteiger partial charge >= 0.3 is 6.18 Å². The van der Waals surface area contributed by atoms with Crippen LogP contribution in [0.4, 0.5) is 17.6 Å². The fourth-order valence-electron chi connectivity index (χ4n) is 1.55. The van der Waals surface area contributed by atoms with Crippen molar-refractivity contribution in [2.75, 3.05) is 6.54 Å². The summed E-state index contributed by atoms with van der Waals surface area (Å²) in [6, 6.07) is 2.61. The first-order valence-electron chi connectivity index (χ1n) is 5.13. The lowest BCUT2D eigenvalue weighted by molar-refractivity contribution is -0.140. The summed E-state index contributed by atoms with van der Waals surface area (Å²) in [5.41, 5.74) is -1.29. The Morgan fingerprint density at radius 2 is 2.06 bits per heavy atom. The van der Waals surface area contributed by atoms with Gasteiger partial charge in [0.1, 0.15) is 5.82 Å². The summed E-state index contributed by atoms with van der Waals surface area (Å²) in [6.07, 6.45) is -3.31. The van der Waals surface area contributed by atoms with Crippen molar-refractivity contribution < 1.29 is 17.6 Å². The van der Waals surface area contributed by atoms with Crippen LogP contribution in [-0.4, -0.2) is 6.54 Å². The van der Waals surface area contributed by atoms with E-state index in [2.05, 4.69) is 11.9 Å². The molecule has 5 heteroatoms. The first-order chi connectivity index (χ1) is 7.91. The summed E-state index contributed by atoms with van der Waals surface area (Å²) in [7, 11) is 0. The first-order valence-corrected chi connectivity index (χ1v) is 5.13. The van der Waals surface area contributed by atoms with Crippen molar-refractivity contribution in [2.45, 2.75) is 19.1 Å². The van der Waals surface area contributed by atoms with Gasteiger partial charge in [0, 0.05) is 5.56 Å². The van der Waals surface area contributed by atoms with Crippen LogP contribution in [0.25, 0.3) is 0 Å². The molecule has 0 aliphatic heterocycles. The molecule has 1 unspecified atom stereocenters. The number of nitrogens with one attached hydrogen (secondary N) is 1. The quantitative estimate of drug-likeness (QED) is 0.632. The van der Waals surface area contributed by atoms with Crippen LogP contribution in [0.15, 0.2) is 30.9 Å². The van der Waals surface area contributed by atoms with Crippen LogP contribution in [0.2, 0.25) is 0 Å². The second kappa shape index (κ2) is 5.31. The van der Waals surface area contributed by atoms with Gasteiger partial charge in [-0.15, -0.1) is 6.58 Å². The Bertz CT molecular complexity index is 398. The third-order valence-corrected chi connectivity index (χ3v) is 2.33. The number of alkyl halides is 3. The third kappa shape index (κ3) is 3.06. The van der Waals surface area contributed by atoms with E-state index in [1.54, 1.807) is 6.92 Å². The predicted molar refractivity (Wildman–Crippen MR) is 58.0 cm³/mol. The molecule has 0 saturated carbocycles. The van der Waals surface area contributed by atoms with Crippen molar-refractivity contribution in [1.82, 2.24) is 5.32 Å². The Kier molecular flexibility index (Phi) is 4.28. The maximum atomic E-state index is 13.7. The van der Waals surface area contributed by atoms with E-state index in [4.69, 9.17) is 0 Å². The highest BCUT2D eigenvalue weighted by molar-refractivity contribution is 5.32. The maximum absolute atomic E-state index is 13.7. The Balaban J connectivity index is 3.22. The molecule has 0 radical (unpaired) electrons. The van der Waals surface area contributed by atoms with E-state index >= 15 is 0 Å². The van der Waals surface area contributed by atoms with Gasteiger partial charge in [-0.05, 0) is 12.6 Å². The monoisotopic (exact) mass is 247 g/mol. The van der Waals surface area contributed by atoms with Gasteiger partial charge in [0.05, 0.1) is 11.6 Å². The van der Waals surface area contributed by atoms with Crippen LogP contribution < -0.4 is 5.32 Å². The van der Waals surface area contributed by atoms with Gasteiger partial charge < -0.3 is 5.32 Å². The molecule has 17 heavy (non-hydrogen) atoms. The molecular weight excluding hydrogens is 234 g/mol. The Labute approximate surface area is 97.1 Å². The largest absolute Gasteiger partial charge is 0.419 e. The van der Waals surface area contributed by atoms with Gasteiger partial charge in [0.15, 0.2) is 0 Å². The topological polar surface area (TPSA) is 12.0 Å². The highest BCUT2D eigenvalue weighted by atomic mass is 19.4. The van der Waals surface area contributed by atoms with Crippen LogP contribution in [0.1, 0.15) is 24.1 Å². The average molecular weight is 247 g/mol. The lowest BCUT2D eigenvalue weighted by Crippen LogP contribution is -2.21. The average Bonchev–Trinajstić information content (AvgIpc) is 2.25. The summed E-state index contributed by atoms with van der Waals surface area (Å²) in [5.74, 6) is -1.24. The normalized spacial score (nSPS) is 13.5. The van der Waals surface area contributed by atoms with E-state index < -0.39 is 23.6 Å². The molecule has 1 N–H and O–H groups in total. The van der Waals surface area contributed by atoms with Crippen molar-refractivity contribution in [3.63, 3.8) is 0 Å². The van der Waals surface area contributed by atoms with E-state index in [0.29, 0.717) is 6.54 Å². The zero-order valence-corrected chi connectivity index (χ0v) is 9.31. The molecule has 94 valence electrons. The van der Waals surface area contributed by atoms with Gasteiger partial charge in [-0.25, -0.2) is 4.39 Å². The summed E-state index contributed by atoms with van der Waals surface area (Å²) in [5, 5.41) is 2.84. The number of hydrogen-bond donors (Lipinski definition) is 1. The van der Waals surface area contributed by atoms with Crippen molar-refractivity contribution in [2.24, 2.45) is 0 Å². The minimum Gasteiger partial charge on any atom is -0.307 e. The molecule has 0 aliphatic rings. The van der Waals surface area contributed by atoms with Crippen LogP contribution in [-0.2, 0) is 6.18 Å². The summed E-state index contributed by atoms with van der Waals surface area (Å²) >= 11 is 0. The molecule has 0 aliphatic carbocycles. The SMILES string of the molecule is C=CC(NCC)c1cccc(C(F)(F)F)c1F. The van der Waals surface area contributed by atoms with E-state index in [1.807, 2.05) is 0 Å². The molecule has 0 bridgehead atoms. The number of benzene rings is 1. The fraction of sp³-hybridized carbons (Fsp3) is 0.333. The van der Waals surface area contributed by atoms with Crippen molar-refractivity contribution in [1.29, 1.82) is 0 Å². The summed E-state index contributed by atoms with van der Waals surface area (Å²) in [6.45, 7) is 5.76.